The summed E-state index contributed by atoms with van der Waals surface area (Å²) in [5.41, 5.74) is 0.582. The first kappa shape index (κ1) is 18.1. The van der Waals surface area contributed by atoms with Crippen LogP contribution in [0.2, 0.25) is 0 Å². The minimum Gasteiger partial charge on any atom is -0.309 e. The summed E-state index contributed by atoms with van der Waals surface area (Å²) in [6, 6.07) is 1.37. The van der Waals surface area contributed by atoms with Crippen LogP contribution < -0.4 is 4.90 Å². The van der Waals surface area contributed by atoms with E-state index in [1.807, 2.05) is 13.8 Å². The van der Waals surface area contributed by atoms with Crippen molar-refractivity contribution in [3.05, 3.63) is 23.5 Å². The van der Waals surface area contributed by atoms with Crippen LogP contribution in [0, 0.1) is 0 Å². The summed E-state index contributed by atoms with van der Waals surface area (Å²) in [5, 5.41) is 0. The Morgan fingerprint density at radius 1 is 1.52 bits per heavy atom. The van der Waals surface area contributed by atoms with E-state index in [2.05, 4.69) is 4.98 Å². The summed E-state index contributed by atoms with van der Waals surface area (Å²) in [6.07, 6.45) is 0.902. The molecular weight excluding hydrogens is 321 g/mol. The summed E-state index contributed by atoms with van der Waals surface area (Å²) in [6.45, 7) is 5.68. The maximum Gasteiger partial charge on any atom is 0.274 e. The van der Waals surface area contributed by atoms with E-state index in [4.69, 9.17) is 11.6 Å². The van der Waals surface area contributed by atoms with Crippen LogP contribution in [0.4, 0.5) is 14.5 Å². The van der Waals surface area contributed by atoms with Crippen molar-refractivity contribution in [2.75, 3.05) is 17.3 Å². The third-order valence-electron chi connectivity index (χ3n) is 3.63. The molecule has 0 aliphatic carbocycles. The molecule has 2 heterocycles. The molecule has 1 aliphatic rings. The van der Waals surface area contributed by atoms with Gasteiger partial charge in [-0.2, -0.15) is 0 Å². The molecule has 0 aromatic carbocycles. The van der Waals surface area contributed by atoms with Crippen LogP contribution >= 0.6 is 24.0 Å². The van der Waals surface area contributed by atoms with E-state index < -0.39 is 5.92 Å². The molecule has 0 saturated carbocycles. The normalized spacial score (nSPS) is 16.4. The van der Waals surface area contributed by atoms with Gasteiger partial charge in [-0.05, 0) is 6.07 Å². The number of hydrogen-bond acceptors (Lipinski definition) is 2. The molecule has 2 rings (SSSR count). The van der Waals surface area contributed by atoms with Crippen molar-refractivity contribution in [1.82, 2.24) is 4.98 Å². The van der Waals surface area contributed by atoms with Crippen LogP contribution in [0.3, 0.4) is 0 Å². The minimum atomic E-state index is -2.94. The number of halogens is 4. The third-order valence-corrected chi connectivity index (χ3v) is 3.86. The van der Waals surface area contributed by atoms with Crippen molar-refractivity contribution in [3.8, 4) is 0 Å². The lowest BCUT2D eigenvalue weighted by molar-refractivity contribution is -0.116. The molecule has 0 spiro atoms. The van der Waals surface area contributed by atoms with Crippen LogP contribution in [0.1, 0.15) is 38.4 Å². The average Bonchev–Trinajstić information content (AvgIpc) is 2.69. The van der Waals surface area contributed by atoms with Crippen LogP contribution in [0.5, 0.6) is 0 Å². The highest BCUT2D eigenvalue weighted by atomic mass is 35.5. The van der Waals surface area contributed by atoms with Crippen LogP contribution in [-0.2, 0) is 16.1 Å². The lowest BCUT2D eigenvalue weighted by atomic mass is 9.91. The zero-order chi connectivity index (χ0) is 15.1. The van der Waals surface area contributed by atoms with E-state index in [9.17, 15) is 13.6 Å². The van der Waals surface area contributed by atoms with E-state index in [1.165, 1.54) is 24.1 Å². The van der Waals surface area contributed by atoms with Gasteiger partial charge in [0.2, 0.25) is 5.91 Å². The van der Waals surface area contributed by atoms with Gasteiger partial charge in [0.1, 0.15) is 5.88 Å². The van der Waals surface area contributed by atoms with Crippen molar-refractivity contribution in [2.45, 2.75) is 38.5 Å². The summed E-state index contributed by atoms with van der Waals surface area (Å²) in [7, 11) is 0. The fourth-order valence-electron chi connectivity index (χ4n) is 2.43. The lowest BCUT2D eigenvalue weighted by Crippen LogP contribution is -2.34. The summed E-state index contributed by atoms with van der Waals surface area (Å²) in [5.74, 6) is -3.41. The van der Waals surface area contributed by atoms with E-state index in [0.717, 1.165) is 0 Å². The van der Waals surface area contributed by atoms with Crippen molar-refractivity contribution < 1.29 is 13.6 Å². The number of carbonyl (C=O) groups is 1. The van der Waals surface area contributed by atoms with Crippen molar-refractivity contribution in [2.24, 2.45) is 0 Å². The quantitative estimate of drug-likeness (QED) is 0.784. The zero-order valence-electron chi connectivity index (χ0n) is 12.1. The van der Waals surface area contributed by atoms with E-state index in [0.29, 0.717) is 17.9 Å². The molecule has 21 heavy (non-hydrogen) atoms. The lowest BCUT2D eigenvalue weighted by Gasteiger charge is -2.19. The standard InChI is InChI=1S/C14H17ClF2N2O.ClH/c1-4-14(16,17)9-5-10-12(18-7-9)13(2,3)8-19(10)11(20)6-15;/h5,7H,4,6,8H2,1-3H3;1H. The Balaban J connectivity index is 0.00000220. The molecule has 3 nitrogen and oxygen atoms in total. The summed E-state index contributed by atoms with van der Waals surface area (Å²) in [4.78, 5) is 17.5. The van der Waals surface area contributed by atoms with Crippen LogP contribution in [0.25, 0.3) is 0 Å². The number of nitrogens with zero attached hydrogens (tertiary/aromatic N) is 2. The number of anilines is 1. The van der Waals surface area contributed by atoms with E-state index >= 15 is 0 Å². The highest BCUT2D eigenvalue weighted by molar-refractivity contribution is 6.29. The van der Waals surface area contributed by atoms with Crippen molar-refractivity contribution >= 4 is 35.6 Å². The van der Waals surface area contributed by atoms with Gasteiger partial charge in [0.15, 0.2) is 0 Å². The Morgan fingerprint density at radius 3 is 2.67 bits per heavy atom. The number of pyridine rings is 1. The first-order valence-corrected chi connectivity index (χ1v) is 7.01. The zero-order valence-corrected chi connectivity index (χ0v) is 13.7. The van der Waals surface area contributed by atoms with Gasteiger partial charge in [0, 0.05) is 30.1 Å². The number of amides is 1. The molecule has 0 bridgehead atoms. The predicted molar refractivity (Wildman–Crippen MR) is 81.8 cm³/mol. The third kappa shape index (κ3) is 3.14. The Labute approximate surface area is 134 Å². The van der Waals surface area contributed by atoms with Gasteiger partial charge in [-0.1, -0.05) is 20.8 Å². The number of alkyl halides is 3. The number of hydrogen-bond donors (Lipinski definition) is 0. The summed E-state index contributed by atoms with van der Waals surface area (Å²) >= 11 is 5.59. The Hall–Kier alpha value is -0.940. The molecule has 1 aromatic heterocycles. The Kier molecular flexibility index (Phi) is 5.22. The van der Waals surface area contributed by atoms with Gasteiger partial charge in [-0.3, -0.25) is 9.78 Å². The van der Waals surface area contributed by atoms with Gasteiger partial charge in [-0.15, -0.1) is 24.0 Å². The second kappa shape index (κ2) is 6.05. The van der Waals surface area contributed by atoms with Crippen LogP contribution in [-0.4, -0.2) is 23.3 Å². The van der Waals surface area contributed by atoms with Gasteiger partial charge < -0.3 is 4.90 Å². The average molecular weight is 339 g/mol. The van der Waals surface area contributed by atoms with E-state index in [-0.39, 0.29) is 41.6 Å². The monoisotopic (exact) mass is 338 g/mol. The SMILES string of the molecule is CCC(F)(F)c1cnc2c(c1)N(C(=O)CCl)CC2(C)C.Cl. The van der Waals surface area contributed by atoms with E-state index in [1.54, 1.807) is 0 Å². The molecule has 0 fully saturated rings. The number of carbonyl (C=O) groups excluding carboxylic acids is 1. The van der Waals surface area contributed by atoms with Gasteiger partial charge in [0.25, 0.3) is 5.92 Å². The maximum absolute atomic E-state index is 13.8. The van der Waals surface area contributed by atoms with Crippen molar-refractivity contribution in [1.29, 1.82) is 0 Å². The molecule has 0 unspecified atom stereocenters. The number of rotatable bonds is 3. The maximum atomic E-state index is 13.8. The molecule has 0 radical (unpaired) electrons. The Morgan fingerprint density at radius 2 is 2.14 bits per heavy atom. The highest BCUT2D eigenvalue weighted by Crippen LogP contribution is 2.42. The molecule has 118 valence electrons. The van der Waals surface area contributed by atoms with Gasteiger partial charge >= 0.3 is 0 Å². The summed E-state index contributed by atoms with van der Waals surface area (Å²) < 4.78 is 27.6. The topological polar surface area (TPSA) is 33.2 Å². The fourth-order valence-corrected chi connectivity index (χ4v) is 2.58. The highest BCUT2D eigenvalue weighted by Gasteiger charge is 2.41. The number of aromatic nitrogens is 1. The molecule has 0 atom stereocenters. The largest absolute Gasteiger partial charge is 0.309 e. The molecule has 7 heteroatoms. The molecule has 0 N–H and O–H groups in total. The number of fused-ring (bicyclic) bond motifs is 1. The second-order valence-electron chi connectivity index (χ2n) is 5.65. The molecule has 0 saturated heterocycles. The molecule has 1 aromatic rings. The van der Waals surface area contributed by atoms with Crippen molar-refractivity contribution in [3.63, 3.8) is 0 Å². The van der Waals surface area contributed by atoms with Crippen LogP contribution in [0.15, 0.2) is 12.3 Å². The molecule has 1 amide bonds. The first-order chi connectivity index (χ1) is 9.23. The first-order valence-electron chi connectivity index (χ1n) is 6.48. The second-order valence-corrected chi connectivity index (χ2v) is 5.91. The molecule has 1 aliphatic heterocycles. The smallest absolute Gasteiger partial charge is 0.274 e. The van der Waals surface area contributed by atoms with Gasteiger partial charge in [0.05, 0.1) is 11.4 Å². The predicted octanol–water partition coefficient (Wildman–Crippen LogP) is 3.87. The van der Waals surface area contributed by atoms with Gasteiger partial charge in [-0.25, -0.2) is 8.78 Å². The fraction of sp³-hybridized carbons (Fsp3) is 0.571. The minimum absolute atomic E-state index is 0. The Bertz CT molecular complexity index is 550. The molecular formula is C14H18Cl2F2N2O.